The Morgan fingerprint density at radius 1 is 0.717 bits per heavy atom. The van der Waals surface area contributed by atoms with Crippen LogP contribution in [0.1, 0.15) is 133 Å². The molecule has 0 aromatic heterocycles. The Hall–Kier alpha value is -1.67. The Balaban J connectivity index is 1.30. The average Bonchev–Trinajstić information content (AvgIpc) is 3.36. The molecule has 4 saturated carbocycles. The van der Waals surface area contributed by atoms with Gasteiger partial charge in [0.05, 0.1) is 11.8 Å². The summed E-state index contributed by atoms with van der Waals surface area (Å²) in [5, 5.41) is 0. The molecule has 0 N–H and O–H groups in total. The summed E-state index contributed by atoms with van der Waals surface area (Å²) < 4.78 is 27.6. The number of fused-ring (bicyclic) bond motifs is 5. The van der Waals surface area contributed by atoms with Crippen LogP contribution < -0.4 is 0 Å². The summed E-state index contributed by atoms with van der Waals surface area (Å²) in [5.74, 6) is 1.93. The van der Waals surface area contributed by atoms with Gasteiger partial charge in [0.1, 0.15) is 6.10 Å². The fourth-order valence-corrected chi connectivity index (χ4v) is 10.6. The van der Waals surface area contributed by atoms with Crippen LogP contribution in [0.2, 0.25) is 0 Å². The molecule has 4 rings (SSSR count). The Bertz CT molecular complexity index is 1050. The summed E-state index contributed by atoms with van der Waals surface area (Å²) in [6.45, 7) is 19.2. The first-order valence-corrected chi connectivity index (χ1v) is 18.6. The lowest BCUT2D eigenvalue weighted by Crippen LogP contribution is -2.54. The second-order valence-electron chi connectivity index (χ2n) is 15.8. The maximum absolute atomic E-state index is 13.1. The third-order valence-electron chi connectivity index (χ3n) is 13.3. The lowest BCUT2D eigenvalue weighted by atomic mass is 9.44. The predicted octanol–water partition coefficient (Wildman–Crippen LogP) is 8.10. The highest BCUT2D eigenvalue weighted by atomic mass is 16.7. The summed E-state index contributed by atoms with van der Waals surface area (Å²) in [6.07, 6.45) is 10.7. The quantitative estimate of drug-likeness (QED) is 0.106. The number of carbonyl (C=O) groups excluding carboxylic acids is 3. The van der Waals surface area contributed by atoms with Crippen molar-refractivity contribution in [2.45, 2.75) is 152 Å². The molecule has 4 aliphatic rings. The Morgan fingerprint density at radius 3 is 2.00 bits per heavy atom. The fraction of sp³-hybridized carbons (Fsp3) is 0.921. The lowest BCUT2D eigenvalue weighted by Gasteiger charge is -2.61. The molecule has 13 atom stereocenters. The van der Waals surface area contributed by atoms with Crippen molar-refractivity contribution in [3.8, 4) is 0 Å². The molecule has 0 amide bonds. The van der Waals surface area contributed by atoms with Crippen LogP contribution in [0, 0.1) is 58.2 Å². The molecule has 0 saturated heterocycles. The smallest absolute Gasteiger partial charge is 0.311 e. The zero-order chi connectivity index (χ0) is 33.8. The third-order valence-corrected chi connectivity index (χ3v) is 13.3. The van der Waals surface area contributed by atoms with Gasteiger partial charge in [-0.3, -0.25) is 14.4 Å². The summed E-state index contributed by atoms with van der Waals surface area (Å²) in [7, 11) is 0. The SMILES string of the molecule is CCOC(C)OC(=O)CCC(C)C1CCC2C3CCC4C[C@H](OC(=O)C(C)C(C)C(=O)OC(C)OCC)CCC4(C)C3CCC12C. The standard InChI is InChI=1S/C38H64O8/c1-10-42-26(6)44-34(39)17-12-23(3)31-15-16-32-30-14-13-28-22-29(18-20-37(28,8)33(30)19-21-38(31,32)9)46-36(41)25(5)24(4)35(40)45-27(7)43-11-2/h23-33H,10-22H2,1-9H3/t23?,24?,25?,26?,27?,28?,29-,30?,31?,32?,33?,37?,38?/m1/s1. The first-order valence-electron chi connectivity index (χ1n) is 18.6. The van der Waals surface area contributed by atoms with Gasteiger partial charge in [-0.15, -0.1) is 0 Å². The minimum absolute atomic E-state index is 0.0797. The molecular formula is C38H64O8. The third kappa shape index (κ3) is 7.96. The van der Waals surface area contributed by atoms with Gasteiger partial charge < -0.3 is 23.7 Å². The minimum atomic E-state index is -0.628. The van der Waals surface area contributed by atoms with E-state index >= 15 is 0 Å². The number of rotatable bonds is 14. The van der Waals surface area contributed by atoms with Crippen molar-refractivity contribution in [3.05, 3.63) is 0 Å². The van der Waals surface area contributed by atoms with Crippen molar-refractivity contribution in [1.29, 1.82) is 0 Å². The van der Waals surface area contributed by atoms with Crippen molar-refractivity contribution >= 4 is 17.9 Å². The second-order valence-corrected chi connectivity index (χ2v) is 15.8. The van der Waals surface area contributed by atoms with Crippen LogP contribution in [0.15, 0.2) is 0 Å². The highest BCUT2D eigenvalue weighted by molar-refractivity contribution is 5.81. The zero-order valence-corrected chi connectivity index (χ0v) is 30.3. The number of carbonyl (C=O) groups is 3. The Labute approximate surface area is 278 Å². The molecule has 12 unspecified atom stereocenters. The van der Waals surface area contributed by atoms with Gasteiger partial charge >= 0.3 is 17.9 Å². The topological polar surface area (TPSA) is 97.4 Å². The summed E-state index contributed by atoms with van der Waals surface area (Å²) in [5.41, 5.74) is 0.628. The first-order chi connectivity index (χ1) is 21.7. The van der Waals surface area contributed by atoms with E-state index in [-0.39, 0.29) is 23.5 Å². The Kier molecular flexibility index (Phi) is 12.7. The fourth-order valence-electron chi connectivity index (χ4n) is 10.6. The van der Waals surface area contributed by atoms with Gasteiger partial charge in [0, 0.05) is 19.6 Å². The minimum Gasteiger partial charge on any atom is -0.462 e. The van der Waals surface area contributed by atoms with Crippen LogP contribution in [-0.4, -0.2) is 49.8 Å². The molecule has 0 radical (unpaired) electrons. The van der Waals surface area contributed by atoms with E-state index in [0.29, 0.717) is 42.8 Å². The lowest BCUT2D eigenvalue weighted by molar-refractivity contribution is -0.184. The molecular weight excluding hydrogens is 584 g/mol. The van der Waals surface area contributed by atoms with E-state index in [1.54, 1.807) is 27.7 Å². The van der Waals surface area contributed by atoms with Crippen molar-refractivity contribution in [1.82, 2.24) is 0 Å². The summed E-state index contributed by atoms with van der Waals surface area (Å²) in [6, 6.07) is 0. The van der Waals surface area contributed by atoms with Crippen molar-refractivity contribution < 1.29 is 38.1 Å². The van der Waals surface area contributed by atoms with Crippen LogP contribution in [0.25, 0.3) is 0 Å². The van der Waals surface area contributed by atoms with Gasteiger partial charge in [0.2, 0.25) is 0 Å². The maximum atomic E-state index is 13.1. The molecule has 0 aromatic carbocycles. The van der Waals surface area contributed by atoms with E-state index < -0.39 is 30.4 Å². The van der Waals surface area contributed by atoms with E-state index in [1.807, 2.05) is 13.8 Å². The number of hydrogen-bond donors (Lipinski definition) is 0. The zero-order valence-electron chi connectivity index (χ0n) is 30.3. The first kappa shape index (κ1) is 37.2. The molecule has 46 heavy (non-hydrogen) atoms. The van der Waals surface area contributed by atoms with Crippen LogP contribution in [0.3, 0.4) is 0 Å². The second kappa shape index (κ2) is 15.7. The highest BCUT2D eigenvalue weighted by Crippen LogP contribution is 2.68. The molecule has 0 bridgehead atoms. The van der Waals surface area contributed by atoms with E-state index in [2.05, 4.69) is 20.8 Å². The normalized spacial score (nSPS) is 37.0. The molecule has 4 fully saturated rings. The molecule has 264 valence electrons. The Morgan fingerprint density at radius 2 is 1.33 bits per heavy atom. The molecule has 0 aliphatic heterocycles. The van der Waals surface area contributed by atoms with Crippen molar-refractivity contribution in [2.75, 3.05) is 13.2 Å². The van der Waals surface area contributed by atoms with Gasteiger partial charge in [0.25, 0.3) is 0 Å². The monoisotopic (exact) mass is 648 g/mol. The van der Waals surface area contributed by atoms with Crippen molar-refractivity contribution in [3.63, 3.8) is 0 Å². The highest BCUT2D eigenvalue weighted by Gasteiger charge is 2.60. The van der Waals surface area contributed by atoms with Gasteiger partial charge in [-0.25, -0.2) is 0 Å². The maximum Gasteiger partial charge on any atom is 0.311 e. The van der Waals surface area contributed by atoms with E-state index in [1.165, 1.54) is 38.5 Å². The van der Waals surface area contributed by atoms with Gasteiger partial charge in [-0.1, -0.05) is 34.6 Å². The average molecular weight is 649 g/mol. The van der Waals surface area contributed by atoms with Gasteiger partial charge in [-0.05, 0) is 138 Å². The van der Waals surface area contributed by atoms with Crippen LogP contribution in [0.4, 0.5) is 0 Å². The summed E-state index contributed by atoms with van der Waals surface area (Å²) >= 11 is 0. The number of ether oxygens (including phenoxy) is 5. The van der Waals surface area contributed by atoms with E-state index in [4.69, 9.17) is 23.7 Å². The molecule has 0 aromatic rings. The summed E-state index contributed by atoms with van der Waals surface area (Å²) in [4.78, 5) is 38.2. The van der Waals surface area contributed by atoms with Gasteiger partial charge in [0.15, 0.2) is 12.6 Å². The number of esters is 3. The van der Waals surface area contributed by atoms with Crippen LogP contribution in [-0.2, 0) is 38.1 Å². The molecule has 4 aliphatic carbocycles. The molecule has 8 heteroatoms. The van der Waals surface area contributed by atoms with Crippen molar-refractivity contribution in [2.24, 2.45) is 58.2 Å². The van der Waals surface area contributed by atoms with Crippen LogP contribution >= 0.6 is 0 Å². The molecule has 8 nitrogen and oxygen atoms in total. The van der Waals surface area contributed by atoms with E-state index in [9.17, 15) is 14.4 Å². The number of hydrogen-bond acceptors (Lipinski definition) is 8. The molecule has 0 spiro atoms. The largest absolute Gasteiger partial charge is 0.462 e. The van der Waals surface area contributed by atoms with E-state index in [0.717, 1.165) is 43.4 Å². The van der Waals surface area contributed by atoms with Gasteiger partial charge in [-0.2, -0.15) is 0 Å². The molecule has 0 heterocycles. The predicted molar refractivity (Wildman–Crippen MR) is 176 cm³/mol. The van der Waals surface area contributed by atoms with Crippen LogP contribution in [0.5, 0.6) is 0 Å².